The first kappa shape index (κ1) is 23.7. The number of para-hydroxylation sites is 1. The highest BCUT2D eigenvalue weighted by atomic mass is 32.2. The Bertz CT molecular complexity index is 1260. The van der Waals surface area contributed by atoms with E-state index in [1.54, 1.807) is 18.2 Å². The molecule has 4 rings (SSSR count). The summed E-state index contributed by atoms with van der Waals surface area (Å²) in [7, 11) is -3.98. The van der Waals surface area contributed by atoms with Gasteiger partial charge in [-0.25, -0.2) is 8.42 Å². The summed E-state index contributed by atoms with van der Waals surface area (Å²) in [5.74, 6) is 4.41. The predicted molar refractivity (Wildman–Crippen MR) is 131 cm³/mol. The minimum absolute atomic E-state index is 0.0413. The first-order valence-electron chi connectivity index (χ1n) is 11.1. The van der Waals surface area contributed by atoms with E-state index in [0.29, 0.717) is 17.4 Å². The third-order valence-corrected chi connectivity index (χ3v) is 7.34. The van der Waals surface area contributed by atoms with Crippen LogP contribution in [0, 0.1) is 12.3 Å². The monoisotopic (exact) mass is 477 g/mol. The second-order valence-corrected chi connectivity index (χ2v) is 10.1. The first-order chi connectivity index (χ1) is 16.4. The Hall–Kier alpha value is -3.47. The lowest BCUT2D eigenvalue weighted by molar-refractivity contribution is 0.114. The van der Waals surface area contributed by atoms with E-state index in [1.165, 1.54) is 4.31 Å². The van der Waals surface area contributed by atoms with Crippen LogP contribution in [0.2, 0.25) is 0 Å². The summed E-state index contributed by atoms with van der Waals surface area (Å²) in [6.45, 7) is 4.33. The molecule has 7 heteroatoms. The van der Waals surface area contributed by atoms with Crippen LogP contribution in [0.25, 0.3) is 0 Å². The van der Waals surface area contributed by atoms with E-state index in [-0.39, 0.29) is 36.1 Å². The molecule has 176 valence electrons. The molecule has 0 fully saturated rings. The molecule has 0 saturated carbocycles. The first-order valence-corrected chi connectivity index (χ1v) is 12.5. The molecule has 3 aromatic carbocycles. The van der Waals surface area contributed by atoms with Crippen molar-refractivity contribution in [2.24, 2.45) is 0 Å². The summed E-state index contributed by atoms with van der Waals surface area (Å²) in [5, 5.41) is 0. The highest BCUT2D eigenvalue weighted by Crippen LogP contribution is 2.40. The smallest absolute Gasteiger partial charge is 0.251 e. The van der Waals surface area contributed by atoms with Crippen LogP contribution in [-0.4, -0.2) is 38.5 Å². The summed E-state index contributed by atoms with van der Waals surface area (Å²) in [4.78, 5) is -0.0413. The summed E-state index contributed by atoms with van der Waals surface area (Å²) in [5.41, 5.74) is 1.16. The second-order valence-electron chi connectivity index (χ2n) is 8.27. The summed E-state index contributed by atoms with van der Waals surface area (Å²) in [6.07, 6.45) is 4.94. The SMILES string of the molecule is C#CCN1CC(COc2ccccc2)Oc2cccc(Oc3ccc(C(C)C)cc3)c2S1(=O)=O. The van der Waals surface area contributed by atoms with Crippen molar-refractivity contribution in [2.45, 2.75) is 30.8 Å². The summed E-state index contributed by atoms with van der Waals surface area (Å²) < 4.78 is 46.5. The fourth-order valence-corrected chi connectivity index (χ4v) is 5.29. The van der Waals surface area contributed by atoms with E-state index in [0.717, 1.165) is 5.56 Å². The molecule has 1 atom stereocenters. The molecule has 0 spiro atoms. The van der Waals surface area contributed by atoms with Crippen LogP contribution in [0.5, 0.6) is 23.0 Å². The van der Waals surface area contributed by atoms with Crippen LogP contribution in [0.1, 0.15) is 25.3 Å². The average molecular weight is 478 g/mol. The number of hydrogen-bond donors (Lipinski definition) is 0. The lowest BCUT2D eigenvalue weighted by Gasteiger charge is -2.21. The fourth-order valence-electron chi connectivity index (χ4n) is 3.69. The second kappa shape index (κ2) is 10.2. The van der Waals surface area contributed by atoms with Gasteiger partial charge in [-0.05, 0) is 47.9 Å². The summed E-state index contributed by atoms with van der Waals surface area (Å²) in [6, 6.07) is 21.8. The predicted octanol–water partition coefficient (Wildman–Crippen LogP) is 5.07. The van der Waals surface area contributed by atoms with Gasteiger partial charge in [0.25, 0.3) is 10.0 Å². The molecule has 0 radical (unpaired) electrons. The molecule has 0 saturated heterocycles. The number of fused-ring (bicyclic) bond motifs is 1. The number of terminal acetylenes is 1. The van der Waals surface area contributed by atoms with Crippen molar-refractivity contribution in [2.75, 3.05) is 19.7 Å². The zero-order valence-electron chi connectivity index (χ0n) is 19.2. The maximum Gasteiger partial charge on any atom is 0.251 e. The van der Waals surface area contributed by atoms with Crippen molar-refractivity contribution in [3.8, 4) is 35.3 Å². The van der Waals surface area contributed by atoms with Gasteiger partial charge in [0.05, 0.1) is 13.1 Å². The third-order valence-electron chi connectivity index (χ3n) is 5.46. The van der Waals surface area contributed by atoms with E-state index < -0.39 is 16.1 Å². The van der Waals surface area contributed by atoms with Gasteiger partial charge in [0.15, 0.2) is 10.6 Å². The van der Waals surface area contributed by atoms with Gasteiger partial charge in [-0.3, -0.25) is 0 Å². The van der Waals surface area contributed by atoms with Crippen LogP contribution in [0.15, 0.2) is 77.7 Å². The van der Waals surface area contributed by atoms with Gasteiger partial charge in [-0.15, -0.1) is 6.42 Å². The lowest BCUT2D eigenvalue weighted by atomic mass is 10.0. The van der Waals surface area contributed by atoms with Gasteiger partial charge < -0.3 is 14.2 Å². The molecule has 0 amide bonds. The molecule has 0 aromatic heterocycles. The van der Waals surface area contributed by atoms with E-state index >= 15 is 0 Å². The van der Waals surface area contributed by atoms with Crippen LogP contribution in [0.4, 0.5) is 0 Å². The van der Waals surface area contributed by atoms with Gasteiger partial charge >= 0.3 is 0 Å². The number of rotatable bonds is 7. The molecule has 1 heterocycles. The van der Waals surface area contributed by atoms with Gasteiger partial charge in [-0.2, -0.15) is 4.31 Å². The summed E-state index contributed by atoms with van der Waals surface area (Å²) >= 11 is 0. The lowest BCUT2D eigenvalue weighted by Crippen LogP contribution is -2.40. The van der Waals surface area contributed by atoms with Gasteiger partial charge in [0, 0.05) is 0 Å². The molecule has 6 nitrogen and oxygen atoms in total. The molecule has 1 aliphatic rings. The van der Waals surface area contributed by atoms with Crippen molar-refractivity contribution in [1.29, 1.82) is 0 Å². The number of nitrogens with zero attached hydrogens (tertiary/aromatic N) is 1. The Labute approximate surface area is 201 Å². The van der Waals surface area contributed by atoms with Gasteiger partial charge in [0.1, 0.15) is 30.0 Å². The fraction of sp³-hybridized carbons (Fsp3) is 0.259. The van der Waals surface area contributed by atoms with E-state index in [4.69, 9.17) is 20.6 Å². The van der Waals surface area contributed by atoms with Crippen LogP contribution in [0.3, 0.4) is 0 Å². The molecule has 0 N–H and O–H groups in total. The minimum atomic E-state index is -3.98. The molecule has 1 aliphatic heterocycles. The van der Waals surface area contributed by atoms with Crippen molar-refractivity contribution in [3.63, 3.8) is 0 Å². The zero-order chi connectivity index (χ0) is 24.1. The van der Waals surface area contributed by atoms with E-state index in [1.807, 2.05) is 54.6 Å². The quantitative estimate of drug-likeness (QED) is 0.445. The Morgan fingerprint density at radius 2 is 1.76 bits per heavy atom. The molecule has 1 unspecified atom stereocenters. The topological polar surface area (TPSA) is 65.1 Å². The minimum Gasteiger partial charge on any atom is -0.490 e. The Balaban J connectivity index is 1.66. The highest BCUT2D eigenvalue weighted by Gasteiger charge is 2.37. The molecular weight excluding hydrogens is 450 g/mol. The number of ether oxygens (including phenoxy) is 3. The Morgan fingerprint density at radius 3 is 2.44 bits per heavy atom. The van der Waals surface area contributed by atoms with Crippen molar-refractivity contribution in [1.82, 2.24) is 4.31 Å². The van der Waals surface area contributed by atoms with E-state index in [9.17, 15) is 8.42 Å². The molecule has 3 aromatic rings. The average Bonchev–Trinajstić information content (AvgIpc) is 2.93. The van der Waals surface area contributed by atoms with Crippen molar-refractivity contribution in [3.05, 3.63) is 78.4 Å². The maximum atomic E-state index is 13.6. The molecule has 0 aliphatic carbocycles. The van der Waals surface area contributed by atoms with Crippen molar-refractivity contribution >= 4 is 10.0 Å². The van der Waals surface area contributed by atoms with Gasteiger partial charge in [0.2, 0.25) is 0 Å². The third kappa shape index (κ3) is 5.19. The van der Waals surface area contributed by atoms with Gasteiger partial charge in [-0.1, -0.05) is 56.2 Å². The normalized spacial score (nSPS) is 17.2. The molecular formula is C27H27NO5S. The Kier molecular flexibility index (Phi) is 7.11. The van der Waals surface area contributed by atoms with Crippen LogP contribution in [-0.2, 0) is 10.0 Å². The van der Waals surface area contributed by atoms with Crippen molar-refractivity contribution < 1.29 is 22.6 Å². The zero-order valence-corrected chi connectivity index (χ0v) is 20.0. The number of hydrogen-bond acceptors (Lipinski definition) is 5. The van der Waals surface area contributed by atoms with Crippen LogP contribution >= 0.6 is 0 Å². The number of sulfonamides is 1. The standard InChI is InChI=1S/C27H27NO5S/c1-4-17-28-18-24(19-31-22-9-6-5-7-10-22)33-26-12-8-11-25(27(26)34(28,29)30)32-23-15-13-21(14-16-23)20(2)3/h1,5-16,20,24H,17-19H2,2-3H3. The molecule has 34 heavy (non-hydrogen) atoms. The van der Waals surface area contributed by atoms with E-state index in [2.05, 4.69) is 19.8 Å². The van der Waals surface area contributed by atoms with Crippen LogP contribution < -0.4 is 14.2 Å². The Morgan fingerprint density at radius 1 is 1.03 bits per heavy atom. The maximum absolute atomic E-state index is 13.6. The largest absolute Gasteiger partial charge is 0.490 e. The molecule has 0 bridgehead atoms. The number of benzene rings is 3. The highest BCUT2D eigenvalue weighted by molar-refractivity contribution is 7.89.